The van der Waals surface area contributed by atoms with Gasteiger partial charge in [0.05, 0.1) is 11.8 Å². The molecule has 33 heavy (non-hydrogen) atoms. The third-order valence-electron chi connectivity index (χ3n) is 6.22. The minimum absolute atomic E-state index is 0.107. The molecule has 1 aliphatic heterocycles. The molecule has 1 saturated carbocycles. The molecule has 3 aromatic carbocycles. The van der Waals surface area contributed by atoms with Crippen LogP contribution in [0.4, 0.5) is 0 Å². The first kappa shape index (κ1) is 22.6. The molecule has 0 radical (unpaired) electrons. The Bertz CT molecular complexity index is 1230. The van der Waals surface area contributed by atoms with Crippen molar-refractivity contribution in [3.05, 3.63) is 109 Å². The lowest BCUT2D eigenvalue weighted by Crippen LogP contribution is -2.31. The largest absolute Gasteiger partial charge is 0.274 e. The molecular weight excluding hydrogens is 564 g/mol. The molecule has 2 aliphatic rings. The van der Waals surface area contributed by atoms with E-state index in [1.165, 1.54) is 5.57 Å². The van der Waals surface area contributed by atoms with Gasteiger partial charge in [-0.25, -0.2) is 5.01 Å². The Labute approximate surface area is 215 Å². The van der Waals surface area contributed by atoms with Crippen molar-refractivity contribution in [2.45, 2.75) is 25.3 Å². The summed E-state index contributed by atoms with van der Waals surface area (Å²) in [6.45, 7) is 0. The van der Waals surface area contributed by atoms with Gasteiger partial charge in [-0.3, -0.25) is 4.79 Å². The molecule has 0 aromatic heterocycles. The number of rotatable bonds is 3. The second-order valence-corrected chi connectivity index (χ2v) is 10.6. The standard InChI is InChI=1S/C27H21Br2ClN2O/c28-21-10-4-17(5-11-21)16-20-2-1-3-24-25(20)31-32(26(24)18-6-12-22(29)13-7-18)27(33)19-8-14-23(30)15-9-19/h4-16,24,26H,1-3H2/b20-16+/t24-,26-/m0/s1. The Hall–Kier alpha value is -2.21. The van der Waals surface area contributed by atoms with Crippen molar-refractivity contribution in [2.24, 2.45) is 11.0 Å². The maximum atomic E-state index is 13.6. The van der Waals surface area contributed by atoms with Crippen LogP contribution in [-0.2, 0) is 0 Å². The van der Waals surface area contributed by atoms with Gasteiger partial charge in [-0.15, -0.1) is 0 Å². The molecule has 1 heterocycles. The number of hydrogen-bond donors (Lipinski definition) is 0. The summed E-state index contributed by atoms with van der Waals surface area (Å²) in [6, 6.07) is 23.4. The van der Waals surface area contributed by atoms with E-state index in [1.54, 1.807) is 29.3 Å². The monoisotopic (exact) mass is 582 g/mol. The van der Waals surface area contributed by atoms with Crippen LogP contribution in [0.5, 0.6) is 0 Å². The first-order chi connectivity index (χ1) is 16.0. The predicted molar refractivity (Wildman–Crippen MR) is 141 cm³/mol. The van der Waals surface area contributed by atoms with Gasteiger partial charge in [0.15, 0.2) is 0 Å². The van der Waals surface area contributed by atoms with E-state index in [2.05, 4.69) is 62.2 Å². The van der Waals surface area contributed by atoms with E-state index in [0.29, 0.717) is 10.6 Å². The molecule has 0 unspecified atom stereocenters. The number of fused-ring (bicyclic) bond motifs is 1. The van der Waals surface area contributed by atoms with Crippen LogP contribution in [0.3, 0.4) is 0 Å². The van der Waals surface area contributed by atoms with E-state index in [-0.39, 0.29) is 17.9 Å². The molecule has 1 aliphatic carbocycles. The van der Waals surface area contributed by atoms with Crippen molar-refractivity contribution in [1.82, 2.24) is 5.01 Å². The van der Waals surface area contributed by atoms with Crippen molar-refractivity contribution in [3.63, 3.8) is 0 Å². The topological polar surface area (TPSA) is 32.7 Å². The number of hydrogen-bond acceptors (Lipinski definition) is 2. The smallest absolute Gasteiger partial charge is 0.267 e. The molecule has 1 amide bonds. The summed E-state index contributed by atoms with van der Waals surface area (Å²) >= 11 is 13.1. The SMILES string of the molecule is O=C(c1ccc(Cl)cc1)N1N=C2/C(=C/c3ccc(Br)cc3)CCC[C@@H]2[C@@H]1c1ccc(Br)cc1. The van der Waals surface area contributed by atoms with E-state index in [0.717, 1.165) is 45.0 Å². The van der Waals surface area contributed by atoms with Gasteiger partial charge in [-0.2, -0.15) is 5.10 Å². The number of hydrazone groups is 1. The van der Waals surface area contributed by atoms with Gasteiger partial charge in [0, 0.05) is 25.4 Å². The van der Waals surface area contributed by atoms with Crippen molar-refractivity contribution >= 4 is 61.2 Å². The summed E-state index contributed by atoms with van der Waals surface area (Å²) in [5.74, 6) is 0.0577. The molecule has 0 N–H and O–H groups in total. The zero-order valence-electron chi connectivity index (χ0n) is 17.7. The summed E-state index contributed by atoms with van der Waals surface area (Å²) in [7, 11) is 0. The van der Waals surface area contributed by atoms with Gasteiger partial charge in [0.1, 0.15) is 0 Å². The summed E-state index contributed by atoms with van der Waals surface area (Å²) in [5, 5.41) is 7.26. The second kappa shape index (κ2) is 9.57. The van der Waals surface area contributed by atoms with E-state index in [1.807, 2.05) is 24.3 Å². The molecule has 2 atom stereocenters. The second-order valence-electron chi connectivity index (χ2n) is 8.36. The average molecular weight is 585 g/mol. The molecular formula is C27H21Br2ClN2O. The molecule has 3 nitrogen and oxygen atoms in total. The third kappa shape index (κ3) is 4.72. The first-order valence-electron chi connectivity index (χ1n) is 10.9. The highest BCUT2D eigenvalue weighted by atomic mass is 79.9. The predicted octanol–water partition coefficient (Wildman–Crippen LogP) is 8.30. The van der Waals surface area contributed by atoms with Crippen LogP contribution in [0.2, 0.25) is 5.02 Å². The van der Waals surface area contributed by atoms with Crippen LogP contribution in [0, 0.1) is 5.92 Å². The molecule has 0 bridgehead atoms. The van der Waals surface area contributed by atoms with E-state index in [9.17, 15) is 4.79 Å². The van der Waals surface area contributed by atoms with Gasteiger partial charge in [0.2, 0.25) is 0 Å². The van der Waals surface area contributed by atoms with Crippen LogP contribution in [0.15, 0.2) is 92.4 Å². The lowest BCUT2D eigenvalue weighted by atomic mass is 9.77. The van der Waals surface area contributed by atoms with Gasteiger partial charge >= 0.3 is 0 Å². The van der Waals surface area contributed by atoms with Crippen LogP contribution >= 0.6 is 43.5 Å². The van der Waals surface area contributed by atoms with Gasteiger partial charge in [0.25, 0.3) is 5.91 Å². The summed E-state index contributed by atoms with van der Waals surface area (Å²) in [6.07, 6.45) is 5.25. The van der Waals surface area contributed by atoms with Crippen LogP contribution in [0.1, 0.15) is 46.8 Å². The highest BCUT2D eigenvalue weighted by Gasteiger charge is 2.43. The van der Waals surface area contributed by atoms with Crippen LogP contribution in [-0.4, -0.2) is 16.6 Å². The van der Waals surface area contributed by atoms with E-state index < -0.39 is 0 Å². The summed E-state index contributed by atoms with van der Waals surface area (Å²) < 4.78 is 2.07. The maximum Gasteiger partial charge on any atom is 0.274 e. The molecule has 166 valence electrons. The lowest BCUT2D eigenvalue weighted by Gasteiger charge is -2.29. The molecule has 6 heteroatoms. The maximum absolute atomic E-state index is 13.6. The molecule has 3 aromatic rings. The lowest BCUT2D eigenvalue weighted by molar-refractivity contribution is 0.0681. The van der Waals surface area contributed by atoms with Crippen LogP contribution in [0.25, 0.3) is 6.08 Å². The first-order valence-corrected chi connectivity index (χ1v) is 12.9. The van der Waals surface area contributed by atoms with Crippen molar-refractivity contribution in [3.8, 4) is 0 Å². The van der Waals surface area contributed by atoms with Crippen LogP contribution < -0.4 is 0 Å². The number of carbonyl (C=O) groups excluding carboxylic acids is 1. The minimum atomic E-state index is -0.134. The number of benzene rings is 3. The van der Waals surface area contributed by atoms with E-state index >= 15 is 0 Å². The Morgan fingerprint density at radius 3 is 2.24 bits per heavy atom. The number of halogens is 3. The van der Waals surface area contributed by atoms with Gasteiger partial charge < -0.3 is 0 Å². The normalized spacial score (nSPS) is 21.1. The van der Waals surface area contributed by atoms with Gasteiger partial charge in [-0.05, 0) is 90.6 Å². The number of amides is 1. The fraction of sp³-hybridized carbons (Fsp3) is 0.185. The van der Waals surface area contributed by atoms with Gasteiger partial charge in [-0.1, -0.05) is 67.7 Å². The summed E-state index contributed by atoms with van der Waals surface area (Å²) in [5.41, 5.74) is 5.05. The van der Waals surface area contributed by atoms with Crippen molar-refractivity contribution < 1.29 is 4.79 Å². The fourth-order valence-electron chi connectivity index (χ4n) is 4.65. The average Bonchev–Trinajstić information content (AvgIpc) is 3.22. The highest BCUT2D eigenvalue weighted by Crippen LogP contribution is 2.45. The Morgan fingerprint density at radius 1 is 0.939 bits per heavy atom. The Morgan fingerprint density at radius 2 is 1.58 bits per heavy atom. The quantitative estimate of drug-likeness (QED) is 0.305. The van der Waals surface area contributed by atoms with E-state index in [4.69, 9.17) is 16.7 Å². The van der Waals surface area contributed by atoms with Crippen molar-refractivity contribution in [2.75, 3.05) is 0 Å². The number of allylic oxidation sites excluding steroid dienone is 1. The molecule has 5 rings (SSSR count). The number of nitrogens with zero attached hydrogens (tertiary/aromatic N) is 2. The van der Waals surface area contributed by atoms with Crippen molar-refractivity contribution in [1.29, 1.82) is 0 Å². The molecule has 0 spiro atoms. The third-order valence-corrected chi connectivity index (χ3v) is 7.53. The Kier molecular flexibility index (Phi) is 6.55. The highest BCUT2D eigenvalue weighted by molar-refractivity contribution is 9.10. The number of carbonyl (C=O) groups is 1. The molecule has 1 fully saturated rings. The minimum Gasteiger partial charge on any atom is -0.267 e. The zero-order chi connectivity index (χ0) is 22.9. The zero-order valence-corrected chi connectivity index (χ0v) is 21.6. The fourth-order valence-corrected chi connectivity index (χ4v) is 5.30. The Balaban J connectivity index is 1.57. The molecule has 0 saturated heterocycles. The summed E-state index contributed by atoms with van der Waals surface area (Å²) in [4.78, 5) is 13.6.